The Morgan fingerprint density at radius 2 is 1.03 bits per heavy atom. The van der Waals surface area contributed by atoms with Crippen LogP contribution in [0.5, 0.6) is 0 Å². The van der Waals surface area contributed by atoms with Crippen LogP contribution in [0.25, 0.3) is 129 Å². The van der Waals surface area contributed by atoms with E-state index in [1.807, 2.05) is 11.3 Å². The van der Waals surface area contributed by atoms with Gasteiger partial charge in [-0.15, -0.1) is 22.7 Å². The quantitative estimate of drug-likeness (QED) is 0.178. The van der Waals surface area contributed by atoms with Crippen molar-refractivity contribution in [3.05, 3.63) is 182 Å². The molecular weight excluding hydrogens is 769 g/mol. The van der Waals surface area contributed by atoms with Crippen molar-refractivity contribution in [3.63, 3.8) is 0 Å². The second kappa shape index (κ2) is 12.1. The van der Waals surface area contributed by atoms with E-state index in [-0.39, 0.29) is 0 Å². The van der Waals surface area contributed by atoms with Crippen molar-refractivity contribution in [2.45, 2.75) is 0 Å². The Balaban J connectivity index is 1.17. The van der Waals surface area contributed by atoms with Crippen LogP contribution in [-0.2, 0) is 0 Å². The van der Waals surface area contributed by atoms with Gasteiger partial charge in [-0.2, -0.15) is 0 Å². The van der Waals surface area contributed by atoms with E-state index in [1.54, 1.807) is 11.3 Å². The largest absolute Gasteiger partial charge is 0.309 e. The van der Waals surface area contributed by atoms with E-state index in [0.717, 1.165) is 38.3 Å². The van der Waals surface area contributed by atoms with E-state index < -0.39 is 0 Å². The summed E-state index contributed by atoms with van der Waals surface area (Å²) in [6.07, 6.45) is 0. The van der Waals surface area contributed by atoms with Crippen molar-refractivity contribution in [2.75, 3.05) is 0 Å². The highest BCUT2D eigenvalue weighted by atomic mass is 32.1. The molecule has 14 rings (SSSR count). The van der Waals surface area contributed by atoms with Gasteiger partial charge in [0.05, 0.1) is 27.5 Å². The molecule has 6 heteroatoms. The van der Waals surface area contributed by atoms with Gasteiger partial charge in [-0.05, 0) is 52.6 Å². The minimum absolute atomic E-state index is 0.707. The lowest BCUT2D eigenvalue weighted by Gasteiger charge is -2.13. The van der Waals surface area contributed by atoms with Crippen LogP contribution in [-0.4, -0.2) is 19.1 Å². The summed E-state index contributed by atoms with van der Waals surface area (Å²) in [6.45, 7) is 0. The van der Waals surface area contributed by atoms with Crippen LogP contribution >= 0.6 is 22.7 Å². The van der Waals surface area contributed by atoms with Gasteiger partial charge in [0.1, 0.15) is 4.83 Å². The molecule has 0 saturated heterocycles. The van der Waals surface area contributed by atoms with Gasteiger partial charge in [-0.1, -0.05) is 146 Å². The van der Waals surface area contributed by atoms with Crippen LogP contribution < -0.4 is 0 Å². The van der Waals surface area contributed by atoms with Crippen LogP contribution in [0.15, 0.2) is 182 Å². The molecule has 60 heavy (non-hydrogen) atoms. The SMILES string of the molecule is c1ccc(-n2c3ccccc3c3ccc(-c4nc(-n5c6ccccc6c6c7ccccc7c7sc8ccccc8c7c65)c5c(n4)sc4c6ccccc6ccc45)cc32)cc1. The van der Waals surface area contributed by atoms with Crippen molar-refractivity contribution in [2.24, 2.45) is 0 Å². The molecule has 0 amide bonds. The lowest BCUT2D eigenvalue weighted by atomic mass is 10.00. The van der Waals surface area contributed by atoms with Gasteiger partial charge in [-0.3, -0.25) is 4.57 Å². The number of hydrogen-bond donors (Lipinski definition) is 0. The van der Waals surface area contributed by atoms with Gasteiger partial charge in [0.2, 0.25) is 0 Å². The molecule has 0 bridgehead atoms. The number of nitrogens with zero attached hydrogens (tertiary/aromatic N) is 4. The third kappa shape index (κ3) is 4.33. The van der Waals surface area contributed by atoms with Gasteiger partial charge >= 0.3 is 0 Å². The molecule has 5 heterocycles. The molecule has 14 aromatic rings. The second-order valence-corrected chi connectivity index (χ2v) is 17.7. The van der Waals surface area contributed by atoms with Gasteiger partial charge in [0.25, 0.3) is 0 Å². The highest BCUT2D eigenvalue weighted by Gasteiger charge is 2.26. The maximum Gasteiger partial charge on any atom is 0.163 e. The van der Waals surface area contributed by atoms with Crippen molar-refractivity contribution < 1.29 is 0 Å². The zero-order valence-electron chi connectivity index (χ0n) is 31.9. The van der Waals surface area contributed by atoms with Crippen LogP contribution in [0.1, 0.15) is 0 Å². The molecule has 0 fully saturated rings. The number of rotatable bonds is 3. The number of aromatic nitrogens is 4. The molecule has 0 spiro atoms. The normalized spacial score (nSPS) is 12.3. The van der Waals surface area contributed by atoms with Gasteiger partial charge in [-0.25, -0.2) is 9.97 Å². The predicted molar refractivity (Wildman–Crippen MR) is 257 cm³/mol. The Morgan fingerprint density at radius 1 is 0.383 bits per heavy atom. The number of fused-ring (bicyclic) bond motifs is 18. The maximum absolute atomic E-state index is 5.78. The van der Waals surface area contributed by atoms with Crippen LogP contribution in [0, 0.1) is 0 Å². The third-order valence-electron chi connectivity index (χ3n) is 12.5. The molecule has 5 aromatic heterocycles. The monoisotopic (exact) mass is 798 g/mol. The molecule has 0 aliphatic heterocycles. The molecule has 9 aromatic carbocycles. The molecule has 278 valence electrons. The summed E-state index contributed by atoms with van der Waals surface area (Å²) in [5.74, 6) is 1.61. The highest BCUT2D eigenvalue weighted by molar-refractivity contribution is 7.27. The first-order valence-corrected chi connectivity index (χ1v) is 21.9. The Bertz CT molecular complexity index is 4130. The molecule has 0 saturated carbocycles. The van der Waals surface area contributed by atoms with Crippen LogP contribution in [0.2, 0.25) is 0 Å². The number of hydrogen-bond acceptors (Lipinski definition) is 4. The Hall–Kier alpha value is -7.38. The summed E-state index contributed by atoms with van der Waals surface area (Å²) in [6, 6.07) is 66.1. The van der Waals surface area contributed by atoms with E-state index >= 15 is 0 Å². The summed E-state index contributed by atoms with van der Waals surface area (Å²) < 4.78 is 8.66. The number of thiophene rings is 2. The van der Waals surface area contributed by atoms with Crippen LogP contribution in [0.3, 0.4) is 0 Å². The van der Waals surface area contributed by atoms with E-state index in [9.17, 15) is 0 Å². The zero-order chi connectivity index (χ0) is 39.1. The lowest BCUT2D eigenvalue weighted by molar-refractivity contribution is 1.08. The molecule has 4 nitrogen and oxygen atoms in total. The Kier molecular flexibility index (Phi) is 6.56. The van der Waals surface area contributed by atoms with Gasteiger partial charge in [0.15, 0.2) is 11.6 Å². The summed E-state index contributed by atoms with van der Waals surface area (Å²) in [5, 5.41) is 14.7. The fourth-order valence-corrected chi connectivity index (χ4v) is 12.4. The topological polar surface area (TPSA) is 35.6 Å². The number of para-hydroxylation sites is 3. The van der Waals surface area contributed by atoms with Gasteiger partial charge < -0.3 is 4.57 Å². The molecule has 0 aliphatic carbocycles. The highest BCUT2D eigenvalue weighted by Crippen LogP contribution is 2.49. The average Bonchev–Trinajstić information content (AvgIpc) is 4.07. The minimum Gasteiger partial charge on any atom is -0.309 e. The molecular formula is C54H30N4S2. The van der Waals surface area contributed by atoms with Crippen molar-refractivity contribution in [1.82, 2.24) is 19.1 Å². The average molecular weight is 799 g/mol. The minimum atomic E-state index is 0.707. The van der Waals surface area contributed by atoms with Crippen LogP contribution in [0.4, 0.5) is 0 Å². The Morgan fingerprint density at radius 3 is 1.88 bits per heavy atom. The summed E-state index contributed by atoms with van der Waals surface area (Å²) in [5.41, 5.74) is 6.72. The number of benzene rings is 9. The first-order chi connectivity index (χ1) is 29.8. The fraction of sp³-hybridized carbons (Fsp3) is 0. The molecule has 0 N–H and O–H groups in total. The first-order valence-electron chi connectivity index (χ1n) is 20.2. The summed E-state index contributed by atoms with van der Waals surface area (Å²) in [7, 11) is 0. The second-order valence-electron chi connectivity index (χ2n) is 15.7. The van der Waals surface area contributed by atoms with Gasteiger partial charge in [0, 0.05) is 68.4 Å². The first kappa shape index (κ1) is 32.6. The summed E-state index contributed by atoms with van der Waals surface area (Å²) in [4.78, 5) is 12.3. The van der Waals surface area contributed by atoms with Crippen molar-refractivity contribution in [3.8, 4) is 22.9 Å². The predicted octanol–water partition coefficient (Wildman–Crippen LogP) is 15.4. The molecule has 0 radical (unpaired) electrons. The molecule has 0 atom stereocenters. The van der Waals surface area contributed by atoms with E-state index in [1.165, 1.54) is 84.4 Å². The van der Waals surface area contributed by atoms with E-state index in [4.69, 9.17) is 9.97 Å². The van der Waals surface area contributed by atoms with Crippen molar-refractivity contribution >= 4 is 128 Å². The molecule has 0 aliphatic rings. The van der Waals surface area contributed by atoms with E-state index in [2.05, 4.69) is 191 Å². The van der Waals surface area contributed by atoms with Crippen molar-refractivity contribution in [1.29, 1.82) is 0 Å². The third-order valence-corrected chi connectivity index (χ3v) is 14.8. The smallest absolute Gasteiger partial charge is 0.163 e. The fourth-order valence-electron chi connectivity index (χ4n) is 9.98. The maximum atomic E-state index is 5.78. The summed E-state index contributed by atoms with van der Waals surface area (Å²) >= 11 is 3.66. The van der Waals surface area contributed by atoms with E-state index in [0.29, 0.717) is 5.82 Å². The molecule has 0 unspecified atom stereocenters. The zero-order valence-corrected chi connectivity index (χ0v) is 33.6. The standard InChI is InChI=1S/C54H30N4S2/c1-2-15-33(16-3-1)57-42-23-11-8-18-35(42)36-28-27-32(30-44(36)57)52-55-53(48-41-29-26-31-14-4-5-17-34(31)50(41)60-54(48)56-52)58-43-24-12-9-21-39(43)46-37-19-6-7-20-38(37)51-47(49(46)58)40-22-10-13-25-45(40)59-51/h1-30H. The Labute approximate surface area is 350 Å². The lowest BCUT2D eigenvalue weighted by Crippen LogP contribution is -2.02.